The molecule has 0 fully saturated rings. The van der Waals surface area contributed by atoms with Crippen LogP contribution in [0.25, 0.3) is 11.3 Å². The van der Waals surface area contributed by atoms with Crippen LogP contribution in [0, 0.1) is 5.92 Å². The van der Waals surface area contributed by atoms with E-state index in [0.717, 1.165) is 12.7 Å². The number of nitrogens with two attached hydrogens (primary N) is 1. The molecule has 2 rings (SSSR count). The van der Waals surface area contributed by atoms with Crippen molar-refractivity contribution in [2.75, 3.05) is 132 Å². The third-order valence-corrected chi connectivity index (χ3v) is 9.54. The van der Waals surface area contributed by atoms with Gasteiger partial charge in [0, 0.05) is 30.8 Å². The van der Waals surface area contributed by atoms with Gasteiger partial charge in [-0.3, -0.25) is 19.2 Å². The number of carbonyl (C=O) groups is 4. The molecule has 2 heterocycles. The molecule has 2 atom stereocenters. The molecule has 24 nitrogen and oxygen atoms in total. The second kappa shape index (κ2) is 35.0. The molecule has 0 saturated heterocycles. The maximum Gasteiger partial charge on any atom is 0.246 e. The Labute approximate surface area is 380 Å². The molecule has 4 amide bonds. The van der Waals surface area contributed by atoms with Crippen molar-refractivity contribution in [2.45, 2.75) is 63.8 Å². The second-order valence-corrected chi connectivity index (χ2v) is 16.4. The summed E-state index contributed by atoms with van der Waals surface area (Å²) >= 11 is 0. The molecule has 0 aliphatic heterocycles. The number of amides is 4. The molecule has 5 N–H and O–H groups in total. The van der Waals surface area contributed by atoms with Gasteiger partial charge in [-0.15, -0.1) is 5.10 Å². The minimum Gasteiger partial charge on any atom is -0.377 e. The van der Waals surface area contributed by atoms with Crippen molar-refractivity contribution in [2.24, 2.45) is 11.7 Å². The van der Waals surface area contributed by atoms with Gasteiger partial charge in [0.05, 0.1) is 118 Å². The number of sulfone groups is 1. The highest BCUT2D eigenvalue weighted by molar-refractivity contribution is 7.90. The molecule has 0 spiro atoms. The largest absolute Gasteiger partial charge is 0.377 e. The highest BCUT2D eigenvalue weighted by Gasteiger charge is 2.28. The van der Waals surface area contributed by atoms with E-state index < -0.39 is 52.2 Å². The number of nitrogens with one attached hydrogen (secondary N) is 3. The van der Waals surface area contributed by atoms with E-state index in [0.29, 0.717) is 130 Å². The Morgan fingerprint density at radius 3 is 1.63 bits per heavy atom. The van der Waals surface area contributed by atoms with E-state index in [9.17, 15) is 27.6 Å². The Bertz CT molecular complexity index is 1720. The standard InChI is InChI=1S/C40H69N9O15S/c1-5-6-7-33(38(41)52)45-39(53)37(31(2)3)46-36(51)30-64-29-35(50)42-8-10-56-12-14-58-16-18-60-20-22-62-24-25-63-23-21-61-19-17-59-15-13-57-11-9-49-28-34(47-48-49)32-26-43-40(44-27-32)65(4,54)55/h26-28,31,33,37H,5-25,29-30H2,1-4H3,(H2,41,52)(H,42,50)(H,45,53)(H,46,51)/t33?,37-/m0/s1. The van der Waals surface area contributed by atoms with Crippen molar-refractivity contribution in [1.29, 1.82) is 0 Å². The number of aromatic nitrogens is 5. The highest BCUT2D eigenvalue weighted by atomic mass is 32.2. The van der Waals surface area contributed by atoms with Crippen molar-refractivity contribution in [3.63, 3.8) is 0 Å². The van der Waals surface area contributed by atoms with Crippen LogP contribution in [0.2, 0.25) is 0 Å². The van der Waals surface area contributed by atoms with Crippen LogP contribution in [0.5, 0.6) is 0 Å². The number of nitrogens with zero attached hydrogens (tertiary/aromatic N) is 5. The molecule has 0 bridgehead atoms. The van der Waals surface area contributed by atoms with Crippen LogP contribution in [0.15, 0.2) is 23.7 Å². The monoisotopic (exact) mass is 947 g/mol. The Kier molecular flexibility index (Phi) is 30.6. The number of primary amides is 1. The van der Waals surface area contributed by atoms with Crippen LogP contribution < -0.4 is 21.7 Å². The SMILES string of the molecule is CCCCC(NC(=O)[C@@H](NC(=O)COCC(=O)NCCOCCOCCOCCOCCOCCOCCOCCOCCn1cc(-c2cnc(S(C)(=O)=O)nc2)nn1)C(C)C)C(N)=O. The average molecular weight is 948 g/mol. The molecule has 2 aromatic rings. The fourth-order valence-electron chi connectivity index (χ4n) is 5.23. The topological polar surface area (TPSA) is 304 Å². The molecule has 2 aromatic heterocycles. The molecule has 0 aliphatic carbocycles. The minimum absolute atomic E-state index is 0.242. The van der Waals surface area contributed by atoms with Gasteiger partial charge in [-0.05, 0) is 12.3 Å². The lowest BCUT2D eigenvalue weighted by atomic mass is 10.0. The van der Waals surface area contributed by atoms with E-state index in [4.69, 9.17) is 48.4 Å². The molecular formula is C40H69N9O15S. The molecule has 0 saturated carbocycles. The maximum absolute atomic E-state index is 12.7. The molecule has 0 aromatic carbocycles. The third-order valence-electron chi connectivity index (χ3n) is 8.67. The first kappa shape index (κ1) is 56.8. The van der Waals surface area contributed by atoms with Gasteiger partial charge in [0.2, 0.25) is 38.6 Å². The zero-order valence-electron chi connectivity index (χ0n) is 38.1. The van der Waals surface area contributed by atoms with Crippen molar-refractivity contribution in [3.05, 3.63) is 18.6 Å². The van der Waals surface area contributed by atoms with Gasteiger partial charge in [-0.2, -0.15) is 0 Å². The van der Waals surface area contributed by atoms with Crippen LogP contribution in [0.3, 0.4) is 0 Å². The Morgan fingerprint density at radius 2 is 1.17 bits per heavy atom. The third kappa shape index (κ3) is 27.7. The van der Waals surface area contributed by atoms with Crippen LogP contribution in [0.4, 0.5) is 0 Å². The van der Waals surface area contributed by atoms with E-state index in [1.54, 1.807) is 24.7 Å². The summed E-state index contributed by atoms with van der Waals surface area (Å²) < 4.78 is 73.7. The first-order chi connectivity index (χ1) is 31.3. The van der Waals surface area contributed by atoms with Crippen LogP contribution >= 0.6 is 0 Å². The summed E-state index contributed by atoms with van der Waals surface area (Å²) in [7, 11) is -3.47. The quantitative estimate of drug-likeness (QED) is 0.0445. The molecule has 1 unspecified atom stereocenters. The van der Waals surface area contributed by atoms with E-state index in [1.165, 1.54) is 12.4 Å². The van der Waals surface area contributed by atoms with Crippen molar-refractivity contribution >= 4 is 33.5 Å². The fourth-order valence-corrected chi connectivity index (χ4v) is 5.72. The van der Waals surface area contributed by atoms with E-state index >= 15 is 0 Å². The zero-order chi connectivity index (χ0) is 47.5. The first-order valence-electron chi connectivity index (χ1n) is 21.6. The van der Waals surface area contributed by atoms with Crippen molar-refractivity contribution in [1.82, 2.24) is 40.9 Å². The van der Waals surface area contributed by atoms with E-state index in [1.807, 2.05) is 6.92 Å². The molecule has 25 heteroatoms. The molecule has 0 radical (unpaired) electrons. The summed E-state index contributed by atoms with van der Waals surface area (Å²) in [6, 6.07) is -1.72. The van der Waals surface area contributed by atoms with Gasteiger partial charge >= 0.3 is 0 Å². The minimum atomic E-state index is -3.47. The predicted octanol–water partition coefficient (Wildman–Crippen LogP) is -1.29. The summed E-state index contributed by atoms with van der Waals surface area (Å²) in [6.45, 7) is 11.8. The van der Waals surface area contributed by atoms with Gasteiger partial charge in [0.1, 0.15) is 31.0 Å². The summed E-state index contributed by atoms with van der Waals surface area (Å²) in [5.41, 5.74) is 6.48. The lowest BCUT2D eigenvalue weighted by molar-refractivity contribution is -0.135. The summed E-state index contributed by atoms with van der Waals surface area (Å²) in [5.74, 6) is -2.42. The van der Waals surface area contributed by atoms with Gasteiger partial charge in [-0.1, -0.05) is 38.8 Å². The fraction of sp³-hybridized carbons (Fsp3) is 0.750. The second-order valence-electron chi connectivity index (χ2n) is 14.5. The number of hydrogen-bond acceptors (Lipinski definition) is 19. The van der Waals surface area contributed by atoms with E-state index in [2.05, 4.69) is 36.2 Å². The van der Waals surface area contributed by atoms with Crippen LogP contribution in [-0.4, -0.2) is 201 Å². The smallest absolute Gasteiger partial charge is 0.246 e. The zero-order valence-corrected chi connectivity index (χ0v) is 38.9. The highest BCUT2D eigenvalue weighted by Crippen LogP contribution is 2.14. The van der Waals surface area contributed by atoms with Gasteiger partial charge in [0.15, 0.2) is 0 Å². The Morgan fingerprint density at radius 1 is 0.692 bits per heavy atom. The lowest BCUT2D eigenvalue weighted by Crippen LogP contribution is -2.55. The number of rotatable bonds is 41. The predicted molar refractivity (Wildman–Crippen MR) is 232 cm³/mol. The van der Waals surface area contributed by atoms with Crippen molar-refractivity contribution in [3.8, 4) is 11.3 Å². The molecule has 0 aliphatic rings. The van der Waals surface area contributed by atoms with Gasteiger partial charge < -0.3 is 64.3 Å². The number of hydrogen-bond donors (Lipinski definition) is 4. The average Bonchev–Trinajstić information content (AvgIpc) is 3.75. The summed E-state index contributed by atoms with van der Waals surface area (Å²) in [6.07, 6.45) is 7.49. The van der Waals surface area contributed by atoms with Crippen molar-refractivity contribution < 1.29 is 70.2 Å². The number of carbonyl (C=O) groups excluding carboxylic acids is 4. The maximum atomic E-state index is 12.7. The number of unbranched alkanes of at least 4 members (excludes halogenated alkanes) is 1. The van der Waals surface area contributed by atoms with Crippen LogP contribution in [0.1, 0.15) is 40.0 Å². The number of ether oxygens (including phenoxy) is 9. The molecular weight excluding hydrogens is 879 g/mol. The summed E-state index contributed by atoms with van der Waals surface area (Å²) in [5, 5.41) is 15.7. The molecule has 370 valence electrons. The Hall–Kier alpha value is -4.31. The molecule has 65 heavy (non-hydrogen) atoms. The summed E-state index contributed by atoms with van der Waals surface area (Å²) in [4.78, 5) is 56.5. The lowest BCUT2D eigenvalue weighted by Gasteiger charge is -2.24. The Balaban J connectivity index is 1.29. The van der Waals surface area contributed by atoms with Crippen LogP contribution in [-0.2, 0) is 78.2 Å². The normalized spacial score (nSPS) is 12.6. The van der Waals surface area contributed by atoms with Gasteiger partial charge in [-0.25, -0.2) is 23.1 Å². The first-order valence-corrected chi connectivity index (χ1v) is 23.5. The van der Waals surface area contributed by atoms with E-state index in [-0.39, 0.29) is 30.8 Å². The van der Waals surface area contributed by atoms with Gasteiger partial charge in [0.25, 0.3) is 0 Å².